The Balaban J connectivity index is 1.94. The lowest BCUT2D eigenvalue weighted by Gasteiger charge is -2.21. The molecule has 1 heterocycles. The maximum absolute atomic E-state index is 13.6. The minimum absolute atomic E-state index is 0.112. The van der Waals surface area contributed by atoms with Crippen LogP contribution in [0.2, 0.25) is 5.02 Å². The average Bonchev–Trinajstić information content (AvgIpc) is 3.23. The second-order valence-corrected chi connectivity index (χ2v) is 9.15. The van der Waals surface area contributed by atoms with E-state index in [1.165, 1.54) is 11.3 Å². The fraction of sp³-hybridized carbons (Fsp3) is 0.417. The lowest BCUT2D eigenvalue weighted by atomic mass is 10.2. The Morgan fingerprint density at radius 2 is 1.97 bits per heavy atom. The third-order valence-corrected chi connectivity index (χ3v) is 6.52. The number of benzene rings is 2. The molecule has 0 saturated carbocycles. The van der Waals surface area contributed by atoms with Crippen LogP contribution in [0.15, 0.2) is 36.4 Å². The summed E-state index contributed by atoms with van der Waals surface area (Å²) in [6.07, 6.45) is 2.84. The van der Waals surface area contributed by atoms with Crippen molar-refractivity contribution in [1.29, 1.82) is 0 Å². The molecular formula is C24H30ClN3O3S. The van der Waals surface area contributed by atoms with Crippen molar-refractivity contribution in [2.45, 2.75) is 26.2 Å². The topological polar surface area (TPSA) is 54.9 Å². The van der Waals surface area contributed by atoms with Crippen LogP contribution in [0.5, 0.6) is 11.5 Å². The van der Waals surface area contributed by atoms with Gasteiger partial charge in [-0.05, 0) is 63.8 Å². The predicted molar refractivity (Wildman–Crippen MR) is 133 cm³/mol. The molecule has 8 heteroatoms. The van der Waals surface area contributed by atoms with Gasteiger partial charge in [0.05, 0.1) is 23.4 Å². The molecule has 1 amide bonds. The first kappa shape index (κ1) is 24.3. The molecule has 0 radical (unpaired) electrons. The van der Waals surface area contributed by atoms with Crippen LogP contribution in [-0.2, 0) is 0 Å². The molecule has 0 aliphatic carbocycles. The number of ether oxygens (including phenoxy) is 2. The fourth-order valence-corrected chi connectivity index (χ4v) is 4.54. The van der Waals surface area contributed by atoms with Crippen molar-refractivity contribution >= 4 is 44.2 Å². The number of anilines is 1. The van der Waals surface area contributed by atoms with E-state index in [9.17, 15) is 4.79 Å². The van der Waals surface area contributed by atoms with E-state index in [-0.39, 0.29) is 5.91 Å². The molecule has 6 nitrogen and oxygen atoms in total. The second kappa shape index (κ2) is 11.5. The summed E-state index contributed by atoms with van der Waals surface area (Å²) in [7, 11) is 5.64. The molecule has 0 aliphatic rings. The molecule has 0 atom stereocenters. The lowest BCUT2D eigenvalue weighted by molar-refractivity contribution is 0.0985. The largest absolute Gasteiger partial charge is 0.494 e. The number of rotatable bonds is 11. The van der Waals surface area contributed by atoms with Crippen LogP contribution >= 0.6 is 22.9 Å². The number of amides is 1. The third kappa shape index (κ3) is 5.91. The van der Waals surface area contributed by atoms with Crippen LogP contribution in [0.25, 0.3) is 10.2 Å². The molecule has 0 fully saturated rings. The van der Waals surface area contributed by atoms with Crippen LogP contribution in [0.4, 0.5) is 5.13 Å². The summed E-state index contributed by atoms with van der Waals surface area (Å²) in [5.41, 5.74) is 1.24. The van der Waals surface area contributed by atoms with Gasteiger partial charge in [0.15, 0.2) is 5.13 Å². The quantitative estimate of drug-likeness (QED) is 0.331. The SMILES string of the molecule is CCCCOc1cccc(C(=O)N(CCCN(C)C)c2nc3c(OC)ccc(Cl)c3s2)c1. The minimum Gasteiger partial charge on any atom is -0.494 e. The van der Waals surface area contributed by atoms with Gasteiger partial charge in [-0.3, -0.25) is 9.69 Å². The van der Waals surface area contributed by atoms with E-state index >= 15 is 0 Å². The van der Waals surface area contributed by atoms with Crippen molar-refractivity contribution in [3.05, 3.63) is 47.0 Å². The monoisotopic (exact) mass is 475 g/mol. The number of halogens is 1. The number of nitrogens with zero attached hydrogens (tertiary/aromatic N) is 3. The van der Waals surface area contributed by atoms with Gasteiger partial charge in [0.2, 0.25) is 0 Å². The Morgan fingerprint density at radius 1 is 1.16 bits per heavy atom. The van der Waals surface area contributed by atoms with Gasteiger partial charge in [0.25, 0.3) is 5.91 Å². The standard InChI is InChI=1S/C24H30ClN3O3S/c1-5-6-15-31-18-10-7-9-17(16-18)23(29)28(14-8-13-27(2)3)24-26-21-20(30-4)12-11-19(25)22(21)32-24/h7,9-12,16H,5-6,8,13-15H2,1-4H3. The maximum atomic E-state index is 13.6. The number of hydrogen-bond acceptors (Lipinski definition) is 6. The minimum atomic E-state index is -0.112. The predicted octanol–water partition coefficient (Wildman–Crippen LogP) is 5.74. The van der Waals surface area contributed by atoms with Gasteiger partial charge in [0, 0.05) is 12.1 Å². The lowest BCUT2D eigenvalue weighted by Crippen LogP contribution is -2.33. The molecule has 3 rings (SSSR count). The number of unbranched alkanes of at least 4 members (excludes halogenated alkanes) is 1. The van der Waals surface area contributed by atoms with Crippen LogP contribution in [0.1, 0.15) is 36.5 Å². The van der Waals surface area contributed by atoms with Gasteiger partial charge in [0.1, 0.15) is 17.0 Å². The van der Waals surface area contributed by atoms with Crippen molar-refractivity contribution < 1.29 is 14.3 Å². The summed E-state index contributed by atoms with van der Waals surface area (Å²) in [5.74, 6) is 1.23. The smallest absolute Gasteiger partial charge is 0.260 e. The molecular weight excluding hydrogens is 446 g/mol. The van der Waals surface area contributed by atoms with Gasteiger partial charge in [-0.15, -0.1) is 0 Å². The van der Waals surface area contributed by atoms with Crippen LogP contribution in [-0.4, -0.2) is 56.7 Å². The molecule has 0 N–H and O–H groups in total. The molecule has 0 aliphatic heterocycles. The molecule has 0 bridgehead atoms. The van der Waals surface area contributed by atoms with Gasteiger partial charge in [-0.25, -0.2) is 4.98 Å². The van der Waals surface area contributed by atoms with Crippen LogP contribution in [0, 0.1) is 0 Å². The molecule has 1 aromatic heterocycles. The first-order chi connectivity index (χ1) is 15.4. The molecule has 2 aromatic carbocycles. The number of carbonyl (C=O) groups is 1. The summed E-state index contributed by atoms with van der Waals surface area (Å²) >= 11 is 7.82. The third-order valence-electron chi connectivity index (χ3n) is 4.98. The summed E-state index contributed by atoms with van der Waals surface area (Å²) in [4.78, 5) is 22.2. The Hall–Kier alpha value is -2.35. The zero-order valence-electron chi connectivity index (χ0n) is 19.1. The summed E-state index contributed by atoms with van der Waals surface area (Å²) in [6.45, 7) is 4.15. The molecule has 0 spiro atoms. The Labute approximate surface area is 198 Å². The maximum Gasteiger partial charge on any atom is 0.260 e. The van der Waals surface area contributed by atoms with E-state index in [1.54, 1.807) is 30.2 Å². The summed E-state index contributed by atoms with van der Waals surface area (Å²) in [5, 5.41) is 1.20. The molecule has 3 aromatic rings. The summed E-state index contributed by atoms with van der Waals surface area (Å²) < 4.78 is 12.1. The van der Waals surface area contributed by atoms with Crippen molar-refractivity contribution in [2.24, 2.45) is 0 Å². The van der Waals surface area contributed by atoms with Crippen molar-refractivity contribution in [1.82, 2.24) is 9.88 Å². The molecule has 32 heavy (non-hydrogen) atoms. The van der Waals surface area contributed by atoms with Gasteiger partial charge < -0.3 is 14.4 Å². The number of aromatic nitrogens is 1. The van der Waals surface area contributed by atoms with Crippen LogP contribution < -0.4 is 14.4 Å². The number of thiazole rings is 1. The summed E-state index contributed by atoms with van der Waals surface area (Å²) in [6, 6.07) is 10.9. The number of fused-ring (bicyclic) bond motifs is 1. The van der Waals surface area contributed by atoms with Crippen LogP contribution in [0.3, 0.4) is 0 Å². The van der Waals surface area contributed by atoms with E-state index < -0.39 is 0 Å². The van der Waals surface area contributed by atoms with E-state index in [0.29, 0.717) is 45.9 Å². The number of hydrogen-bond donors (Lipinski definition) is 0. The Bertz CT molecular complexity index is 1050. The highest BCUT2D eigenvalue weighted by atomic mass is 35.5. The molecule has 0 unspecified atom stereocenters. The number of methoxy groups -OCH3 is 1. The van der Waals surface area contributed by atoms with Gasteiger partial charge in [-0.1, -0.05) is 42.3 Å². The average molecular weight is 476 g/mol. The Morgan fingerprint density at radius 3 is 2.69 bits per heavy atom. The fourth-order valence-electron chi connectivity index (χ4n) is 3.26. The highest BCUT2D eigenvalue weighted by molar-refractivity contribution is 7.23. The normalized spacial score (nSPS) is 11.2. The highest BCUT2D eigenvalue weighted by Crippen LogP contribution is 2.39. The van der Waals surface area contributed by atoms with E-state index in [2.05, 4.69) is 11.8 Å². The van der Waals surface area contributed by atoms with Crippen molar-refractivity contribution in [3.63, 3.8) is 0 Å². The zero-order valence-corrected chi connectivity index (χ0v) is 20.6. The second-order valence-electron chi connectivity index (χ2n) is 7.77. The first-order valence-corrected chi connectivity index (χ1v) is 12.0. The molecule has 0 saturated heterocycles. The number of carbonyl (C=O) groups excluding carboxylic acids is 1. The van der Waals surface area contributed by atoms with E-state index in [1.807, 2.05) is 32.3 Å². The Kier molecular flexibility index (Phi) is 8.73. The highest BCUT2D eigenvalue weighted by Gasteiger charge is 2.23. The zero-order chi connectivity index (χ0) is 23.1. The van der Waals surface area contributed by atoms with Crippen molar-refractivity contribution in [2.75, 3.05) is 45.8 Å². The van der Waals surface area contributed by atoms with E-state index in [0.717, 1.165) is 30.5 Å². The van der Waals surface area contributed by atoms with Crippen molar-refractivity contribution in [3.8, 4) is 11.5 Å². The van der Waals surface area contributed by atoms with E-state index in [4.69, 9.17) is 26.1 Å². The first-order valence-electron chi connectivity index (χ1n) is 10.8. The molecule has 172 valence electrons. The van der Waals surface area contributed by atoms with Gasteiger partial charge in [-0.2, -0.15) is 0 Å². The van der Waals surface area contributed by atoms with Gasteiger partial charge >= 0.3 is 0 Å².